The number of primary amides is 1. The number of halogens is 2. The Morgan fingerprint density at radius 2 is 1.77 bits per heavy atom. The van der Waals surface area contributed by atoms with Gasteiger partial charge in [-0.2, -0.15) is 0 Å². The molecule has 0 spiro atoms. The number of anilines is 1. The molecule has 0 atom stereocenters. The first-order chi connectivity index (χ1) is 12.4. The number of amides is 2. The molecule has 132 valence electrons. The predicted molar refractivity (Wildman–Crippen MR) is 113 cm³/mol. The van der Waals surface area contributed by atoms with E-state index in [1.807, 2.05) is 59.4 Å². The van der Waals surface area contributed by atoms with Crippen LogP contribution in [-0.2, 0) is 11.2 Å². The third kappa shape index (κ3) is 4.34. The van der Waals surface area contributed by atoms with Gasteiger partial charge in [0.05, 0.1) is 17.7 Å². The van der Waals surface area contributed by atoms with Crippen LogP contribution in [-0.4, -0.2) is 16.4 Å². The molecule has 26 heavy (non-hydrogen) atoms. The molecule has 1 aromatic heterocycles. The number of carbonyl (C=O) groups excluding carboxylic acids is 2. The van der Waals surface area contributed by atoms with E-state index in [4.69, 9.17) is 5.73 Å². The largest absolute Gasteiger partial charge is 0.366 e. The van der Waals surface area contributed by atoms with E-state index in [9.17, 15) is 9.59 Å². The summed E-state index contributed by atoms with van der Waals surface area (Å²) in [6, 6.07) is 15.1. The van der Waals surface area contributed by atoms with E-state index in [-0.39, 0.29) is 17.9 Å². The van der Waals surface area contributed by atoms with Gasteiger partial charge in [-0.1, -0.05) is 28.1 Å². The Morgan fingerprint density at radius 3 is 2.38 bits per heavy atom. The number of benzene rings is 2. The second-order valence-electron chi connectivity index (χ2n) is 5.66. The third-order valence-electron chi connectivity index (χ3n) is 3.79. The molecule has 3 aromatic rings. The summed E-state index contributed by atoms with van der Waals surface area (Å²) in [6.45, 7) is 0. The number of nitrogens with zero attached hydrogens (tertiary/aromatic N) is 1. The van der Waals surface area contributed by atoms with Crippen LogP contribution in [0.3, 0.4) is 0 Å². The summed E-state index contributed by atoms with van der Waals surface area (Å²) in [5, 5.41) is 2.80. The van der Waals surface area contributed by atoms with Gasteiger partial charge in [-0.3, -0.25) is 9.59 Å². The van der Waals surface area contributed by atoms with Gasteiger partial charge in [0.25, 0.3) is 5.91 Å². The fraction of sp³-hybridized carbons (Fsp3) is 0.0526. The first-order valence-electron chi connectivity index (χ1n) is 7.75. The van der Waals surface area contributed by atoms with Crippen molar-refractivity contribution in [1.29, 1.82) is 0 Å². The molecule has 0 saturated carbocycles. The van der Waals surface area contributed by atoms with Gasteiger partial charge in [-0.05, 0) is 64.6 Å². The Kier molecular flexibility index (Phi) is 5.77. The Balaban J connectivity index is 1.74. The summed E-state index contributed by atoms with van der Waals surface area (Å²) in [6.07, 6.45) is 4.13. The number of aromatic nitrogens is 1. The molecule has 0 fully saturated rings. The monoisotopic (exact) mass is 523 g/mol. The van der Waals surface area contributed by atoms with Crippen molar-refractivity contribution in [2.45, 2.75) is 6.42 Å². The van der Waals surface area contributed by atoms with E-state index >= 15 is 0 Å². The normalized spacial score (nSPS) is 10.5. The molecule has 1 heterocycles. The lowest BCUT2D eigenvalue weighted by Crippen LogP contribution is -2.20. The highest BCUT2D eigenvalue weighted by atomic mass is 127. The van der Waals surface area contributed by atoms with Crippen LogP contribution in [0.1, 0.15) is 15.9 Å². The van der Waals surface area contributed by atoms with Gasteiger partial charge >= 0.3 is 0 Å². The average Bonchev–Trinajstić information content (AvgIpc) is 3.12. The van der Waals surface area contributed by atoms with E-state index in [1.165, 1.54) is 0 Å². The highest BCUT2D eigenvalue weighted by Crippen LogP contribution is 2.27. The number of hydrogen-bond donors (Lipinski definition) is 2. The maximum Gasteiger partial charge on any atom is 0.250 e. The standard InChI is InChI=1S/C19H15BrIN3O2/c20-13-10-15(19(22)26)18(16(21)11-13)23-17(25)9-12-3-5-14(6-4-12)24-7-1-2-8-24/h1-8,10-11H,9H2,(H2,22,26)(H,23,25). The summed E-state index contributed by atoms with van der Waals surface area (Å²) in [5.41, 5.74) is 8.05. The first kappa shape index (κ1) is 18.7. The van der Waals surface area contributed by atoms with Crippen molar-refractivity contribution >= 4 is 56.0 Å². The van der Waals surface area contributed by atoms with Gasteiger partial charge in [0, 0.05) is 26.1 Å². The highest BCUT2D eigenvalue weighted by Gasteiger charge is 2.16. The summed E-state index contributed by atoms with van der Waals surface area (Å²) >= 11 is 5.40. The molecule has 3 rings (SSSR count). The molecule has 0 aliphatic carbocycles. The number of nitrogens with two attached hydrogens (primary N) is 1. The number of hydrogen-bond acceptors (Lipinski definition) is 2. The summed E-state index contributed by atoms with van der Waals surface area (Å²) < 4.78 is 3.46. The maximum absolute atomic E-state index is 12.4. The average molecular weight is 524 g/mol. The van der Waals surface area contributed by atoms with Crippen molar-refractivity contribution in [1.82, 2.24) is 4.57 Å². The van der Waals surface area contributed by atoms with Crippen LogP contribution >= 0.6 is 38.5 Å². The molecule has 0 bridgehead atoms. The SMILES string of the molecule is NC(=O)c1cc(Br)cc(I)c1NC(=O)Cc1ccc(-n2cccc2)cc1. The van der Waals surface area contributed by atoms with Crippen molar-refractivity contribution in [3.05, 3.63) is 80.1 Å². The molecular weight excluding hydrogens is 509 g/mol. The van der Waals surface area contributed by atoms with Crippen molar-refractivity contribution in [3.8, 4) is 5.69 Å². The smallest absolute Gasteiger partial charge is 0.250 e. The van der Waals surface area contributed by atoms with Gasteiger partial charge in [0.1, 0.15) is 0 Å². The molecule has 0 saturated heterocycles. The zero-order valence-electron chi connectivity index (χ0n) is 13.6. The number of rotatable bonds is 5. The minimum absolute atomic E-state index is 0.205. The molecule has 0 aliphatic rings. The van der Waals surface area contributed by atoms with Gasteiger partial charge < -0.3 is 15.6 Å². The van der Waals surface area contributed by atoms with Crippen molar-refractivity contribution in [2.24, 2.45) is 5.73 Å². The van der Waals surface area contributed by atoms with E-state index in [0.717, 1.165) is 19.3 Å². The molecule has 0 unspecified atom stereocenters. The molecule has 7 heteroatoms. The van der Waals surface area contributed by atoms with Crippen molar-refractivity contribution < 1.29 is 9.59 Å². The van der Waals surface area contributed by atoms with E-state index in [1.54, 1.807) is 6.07 Å². The highest BCUT2D eigenvalue weighted by molar-refractivity contribution is 14.1. The minimum atomic E-state index is -0.587. The Hall–Kier alpha value is -2.13. The fourth-order valence-electron chi connectivity index (χ4n) is 2.56. The lowest BCUT2D eigenvalue weighted by atomic mass is 10.1. The van der Waals surface area contributed by atoms with Crippen LogP contribution < -0.4 is 11.1 Å². The molecule has 5 nitrogen and oxygen atoms in total. The van der Waals surface area contributed by atoms with E-state index in [0.29, 0.717) is 5.69 Å². The zero-order chi connectivity index (χ0) is 18.7. The van der Waals surface area contributed by atoms with Crippen LogP contribution in [0, 0.1) is 3.57 Å². The van der Waals surface area contributed by atoms with Gasteiger partial charge in [-0.15, -0.1) is 0 Å². The van der Waals surface area contributed by atoms with Crippen LogP contribution in [0.25, 0.3) is 5.69 Å². The van der Waals surface area contributed by atoms with Crippen molar-refractivity contribution in [2.75, 3.05) is 5.32 Å². The van der Waals surface area contributed by atoms with Crippen LogP contribution in [0.15, 0.2) is 65.4 Å². The maximum atomic E-state index is 12.4. The van der Waals surface area contributed by atoms with Gasteiger partial charge in [0.2, 0.25) is 5.91 Å². The predicted octanol–water partition coefficient (Wildman–Crippen LogP) is 4.12. The number of nitrogens with one attached hydrogen (secondary N) is 1. The van der Waals surface area contributed by atoms with Crippen molar-refractivity contribution in [3.63, 3.8) is 0 Å². The lowest BCUT2D eigenvalue weighted by Gasteiger charge is -2.12. The minimum Gasteiger partial charge on any atom is -0.366 e. The van der Waals surface area contributed by atoms with Gasteiger partial charge in [0.15, 0.2) is 0 Å². The molecule has 0 radical (unpaired) electrons. The van der Waals surface area contributed by atoms with E-state index < -0.39 is 5.91 Å². The molecule has 2 aromatic carbocycles. The second kappa shape index (κ2) is 8.05. The fourth-order valence-corrected chi connectivity index (χ4v) is 4.20. The Labute approximate surface area is 172 Å². The second-order valence-corrected chi connectivity index (χ2v) is 7.73. The Bertz CT molecular complexity index is 954. The Morgan fingerprint density at radius 1 is 1.12 bits per heavy atom. The van der Waals surface area contributed by atoms with Gasteiger partial charge in [-0.25, -0.2) is 0 Å². The lowest BCUT2D eigenvalue weighted by molar-refractivity contribution is -0.115. The quantitative estimate of drug-likeness (QED) is 0.493. The zero-order valence-corrected chi connectivity index (χ0v) is 17.3. The van der Waals surface area contributed by atoms with Crippen LogP contribution in [0.4, 0.5) is 5.69 Å². The van der Waals surface area contributed by atoms with Crippen LogP contribution in [0.2, 0.25) is 0 Å². The molecule has 2 amide bonds. The summed E-state index contributed by atoms with van der Waals surface area (Å²) in [7, 11) is 0. The molecule has 3 N–H and O–H groups in total. The summed E-state index contributed by atoms with van der Waals surface area (Å²) in [5.74, 6) is -0.794. The van der Waals surface area contributed by atoms with Crippen LogP contribution in [0.5, 0.6) is 0 Å². The first-order valence-corrected chi connectivity index (χ1v) is 9.62. The third-order valence-corrected chi connectivity index (χ3v) is 5.10. The summed E-state index contributed by atoms with van der Waals surface area (Å²) in [4.78, 5) is 24.1. The molecule has 0 aliphatic heterocycles. The topological polar surface area (TPSA) is 77.1 Å². The van der Waals surface area contributed by atoms with E-state index in [2.05, 4.69) is 43.8 Å². The number of carbonyl (C=O) groups is 2. The molecular formula is C19H15BrIN3O2.